The molecule has 162 valence electrons. The lowest BCUT2D eigenvalue weighted by Crippen LogP contribution is -2.15. The molecule has 0 radical (unpaired) electrons. The summed E-state index contributed by atoms with van der Waals surface area (Å²) in [6.07, 6.45) is 0.525. The largest absolute Gasteiger partial charge is 0.497 e. The first-order valence-corrected chi connectivity index (χ1v) is 11.0. The Morgan fingerprint density at radius 1 is 1.03 bits per heavy atom. The Kier molecular flexibility index (Phi) is 5.50. The highest BCUT2D eigenvalue weighted by Crippen LogP contribution is 2.39. The lowest BCUT2D eigenvalue weighted by molar-refractivity contribution is -0.384. The van der Waals surface area contributed by atoms with Gasteiger partial charge in [0.05, 0.1) is 33.7 Å². The van der Waals surface area contributed by atoms with Gasteiger partial charge >= 0.3 is 0 Å². The van der Waals surface area contributed by atoms with E-state index < -0.39 is 14.9 Å². The first-order chi connectivity index (χ1) is 15.4. The molecular weight excluding hydrogens is 432 g/mol. The molecule has 0 aliphatic carbocycles. The van der Waals surface area contributed by atoms with E-state index in [0.29, 0.717) is 28.5 Å². The summed E-state index contributed by atoms with van der Waals surface area (Å²) in [5.74, 6) is 0.508. The molecule has 3 aromatic carbocycles. The van der Waals surface area contributed by atoms with E-state index in [2.05, 4.69) is 0 Å². The average Bonchev–Trinajstić information content (AvgIpc) is 3.18. The fourth-order valence-corrected chi connectivity index (χ4v) is 5.26. The summed E-state index contributed by atoms with van der Waals surface area (Å²) in [6, 6.07) is 18.6. The van der Waals surface area contributed by atoms with Crippen molar-refractivity contribution in [2.45, 2.75) is 11.3 Å². The van der Waals surface area contributed by atoms with Crippen LogP contribution in [-0.4, -0.2) is 30.7 Å². The van der Waals surface area contributed by atoms with E-state index in [1.807, 2.05) is 0 Å². The quantitative estimate of drug-likeness (QED) is 0.237. The first-order valence-electron chi connectivity index (χ1n) is 9.59. The Bertz CT molecular complexity index is 1440. The number of benzene rings is 3. The van der Waals surface area contributed by atoms with Gasteiger partial charge in [0.25, 0.3) is 15.7 Å². The van der Waals surface area contributed by atoms with Gasteiger partial charge in [0.2, 0.25) is 0 Å². The minimum Gasteiger partial charge on any atom is -0.497 e. The topological polar surface area (TPSA) is 109 Å². The lowest BCUT2D eigenvalue weighted by atomic mass is 10.00. The monoisotopic (exact) mass is 450 g/mol. The van der Waals surface area contributed by atoms with E-state index >= 15 is 0 Å². The van der Waals surface area contributed by atoms with Gasteiger partial charge in [-0.05, 0) is 42.0 Å². The molecule has 8 nitrogen and oxygen atoms in total. The number of nitro groups is 1. The predicted octanol–water partition coefficient (Wildman–Crippen LogP) is 4.20. The van der Waals surface area contributed by atoms with Gasteiger partial charge in [-0.25, -0.2) is 12.4 Å². The van der Waals surface area contributed by atoms with Crippen LogP contribution in [0.4, 0.5) is 5.69 Å². The van der Waals surface area contributed by atoms with Crippen LogP contribution in [0, 0.1) is 10.1 Å². The van der Waals surface area contributed by atoms with Crippen LogP contribution in [0.1, 0.15) is 5.56 Å². The van der Waals surface area contributed by atoms with E-state index in [4.69, 9.17) is 4.74 Å². The van der Waals surface area contributed by atoms with Crippen LogP contribution >= 0.6 is 0 Å². The number of ether oxygens (including phenoxy) is 1. The smallest absolute Gasteiger partial charge is 0.279 e. The van der Waals surface area contributed by atoms with Gasteiger partial charge in [0, 0.05) is 17.9 Å². The number of fused-ring (bicyclic) bond motifs is 1. The number of aldehydes is 1. The highest BCUT2D eigenvalue weighted by atomic mass is 32.2. The number of rotatable bonds is 7. The second-order valence-corrected chi connectivity index (χ2v) is 8.76. The minimum atomic E-state index is -4.13. The van der Waals surface area contributed by atoms with Crippen molar-refractivity contribution in [3.63, 3.8) is 0 Å². The molecule has 0 atom stereocenters. The molecule has 4 rings (SSSR count). The van der Waals surface area contributed by atoms with Gasteiger partial charge < -0.3 is 9.53 Å². The molecule has 0 N–H and O–H groups in total. The molecule has 0 saturated heterocycles. The van der Waals surface area contributed by atoms with E-state index in [-0.39, 0.29) is 28.3 Å². The molecule has 0 aliphatic heterocycles. The fourth-order valence-electron chi connectivity index (χ4n) is 3.72. The molecule has 0 fully saturated rings. The molecule has 0 unspecified atom stereocenters. The minimum absolute atomic E-state index is 0.0325. The van der Waals surface area contributed by atoms with Crippen molar-refractivity contribution < 1.29 is 22.9 Å². The number of hydrogen-bond donors (Lipinski definition) is 0. The van der Waals surface area contributed by atoms with E-state index in [0.717, 1.165) is 3.97 Å². The molecule has 0 spiro atoms. The molecule has 1 aromatic heterocycles. The summed E-state index contributed by atoms with van der Waals surface area (Å²) in [7, 11) is -2.64. The van der Waals surface area contributed by atoms with Crippen molar-refractivity contribution in [1.29, 1.82) is 0 Å². The van der Waals surface area contributed by atoms with E-state index in [9.17, 15) is 23.3 Å². The number of nitrogens with zero attached hydrogens (tertiary/aromatic N) is 2. The van der Waals surface area contributed by atoms with E-state index in [1.54, 1.807) is 48.5 Å². The van der Waals surface area contributed by atoms with Crippen LogP contribution in [0.25, 0.3) is 22.2 Å². The standard InChI is InChI=1S/C23H18N2O6S/c1-31-18-10-11-20-17(14-18)15-22(24(20)32(29,30)19-7-3-2-4-8-19)23-16(12-13-26)6-5-9-21(23)25(27)28/h2-11,13-15H,12H2,1H3. The van der Waals surface area contributed by atoms with Crippen LogP contribution in [-0.2, 0) is 21.2 Å². The Hall–Kier alpha value is -3.98. The van der Waals surface area contributed by atoms with Crippen molar-refractivity contribution >= 4 is 32.9 Å². The first kappa shape index (κ1) is 21.3. The van der Waals surface area contributed by atoms with Gasteiger partial charge in [-0.1, -0.05) is 30.3 Å². The highest BCUT2D eigenvalue weighted by Gasteiger charge is 2.29. The summed E-state index contributed by atoms with van der Waals surface area (Å²) in [4.78, 5) is 22.6. The van der Waals surface area contributed by atoms with Crippen LogP contribution in [0.5, 0.6) is 5.75 Å². The second-order valence-electron chi connectivity index (χ2n) is 6.98. The number of carbonyl (C=O) groups is 1. The maximum Gasteiger partial charge on any atom is 0.279 e. The zero-order chi connectivity index (χ0) is 22.9. The number of hydrogen-bond acceptors (Lipinski definition) is 6. The summed E-state index contributed by atoms with van der Waals surface area (Å²) in [5.41, 5.74) is 0.581. The van der Waals surface area contributed by atoms with Gasteiger partial charge in [0.1, 0.15) is 12.0 Å². The van der Waals surface area contributed by atoms with Gasteiger partial charge in [-0.15, -0.1) is 0 Å². The maximum atomic E-state index is 13.7. The molecular formula is C23H18N2O6S. The van der Waals surface area contributed by atoms with Crippen molar-refractivity contribution in [2.75, 3.05) is 7.11 Å². The number of aromatic nitrogens is 1. The second kappa shape index (κ2) is 8.27. The SMILES string of the molecule is COc1ccc2c(c1)cc(-c1c(CC=O)cccc1[N+](=O)[O-])n2S(=O)(=O)c1ccccc1. The van der Waals surface area contributed by atoms with Crippen molar-refractivity contribution in [3.05, 3.63) is 88.5 Å². The summed E-state index contributed by atoms with van der Waals surface area (Å²) in [6.45, 7) is 0. The molecule has 0 bridgehead atoms. The van der Waals surface area contributed by atoms with Gasteiger partial charge in [-0.3, -0.25) is 10.1 Å². The zero-order valence-corrected chi connectivity index (χ0v) is 17.8. The van der Waals surface area contributed by atoms with Crippen LogP contribution in [0.3, 0.4) is 0 Å². The fraction of sp³-hybridized carbons (Fsp3) is 0.0870. The Labute approximate surface area is 183 Å². The van der Waals surface area contributed by atoms with E-state index in [1.165, 1.54) is 31.4 Å². The third-order valence-electron chi connectivity index (χ3n) is 5.13. The maximum absolute atomic E-state index is 13.7. The van der Waals surface area contributed by atoms with Crippen LogP contribution < -0.4 is 4.74 Å². The normalized spacial score (nSPS) is 11.4. The van der Waals surface area contributed by atoms with Crippen LogP contribution in [0.2, 0.25) is 0 Å². The third kappa shape index (κ3) is 3.52. The molecule has 1 heterocycles. The van der Waals surface area contributed by atoms with Crippen LogP contribution in [0.15, 0.2) is 77.7 Å². The summed E-state index contributed by atoms with van der Waals surface area (Å²) < 4.78 is 33.7. The summed E-state index contributed by atoms with van der Waals surface area (Å²) in [5, 5.41) is 12.4. The van der Waals surface area contributed by atoms with Crippen molar-refractivity contribution in [3.8, 4) is 17.0 Å². The number of carbonyl (C=O) groups excluding carboxylic acids is 1. The Morgan fingerprint density at radius 3 is 2.44 bits per heavy atom. The zero-order valence-electron chi connectivity index (χ0n) is 17.0. The van der Waals surface area contributed by atoms with Gasteiger partial charge in [0.15, 0.2) is 0 Å². The third-order valence-corrected chi connectivity index (χ3v) is 6.87. The summed E-state index contributed by atoms with van der Waals surface area (Å²) >= 11 is 0. The molecule has 9 heteroatoms. The molecule has 0 saturated carbocycles. The predicted molar refractivity (Wildman–Crippen MR) is 119 cm³/mol. The molecule has 32 heavy (non-hydrogen) atoms. The molecule has 4 aromatic rings. The van der Waals surface area contributed by atoms with Crippen molar-refractivity contribution in [1.82, 2.24) is 3.97 Å². The molecule has 0 aliphatic rings. The Balaban J connectivity index is 2.16. The highest BCUT2D eigenvalue weighted by molar-refractivity contribution is 7.90. The Morgan fingerprint density at radius 2 is 1.78 bits per heavy atom. The molecule has 0 amide bonds. The van der Waals surface area contributed by atoms with Gasteiger partial charge in [-0.2, -0.15) is 0 Å². The lowest BCUT2D eigenvalue weighted by Gasteiger charge is -2.14. The number of nitro benzene ring substituents is 1. The van der Waals surface area contributed by atoms with Crippen molar-refractivity contribution in [2.24, 2.45) is 0 Å². The number of methoxy groups -OCH3 is 1. The average molecular weight is 450 g/mol.